The molecule has 1 aliphatic heterocycles. The van der Waals surface area contributed by atoms with Crippen LogP contribution in [0.3, 0.4) is 0 Å². The number of carbonyl (C=O) groups excluding carboxylic acids is 1. The number of aromatic nitrogens is 1. The van der Waals surface area contributed by atoms with Crippen LogP contribution in [0.4, 0.5) is 4.79 Å². The first-order valence-electron chi connectivity index (χ1n) is 8.16. The molecule has 1 amide bonds. The van der Waals surface area contributed by atoms with Gasteiger partial charge in [0.05, 0.1) is 0 Å². The number of benzene rings is 1. The minimum Gasteiger partial charge on any atom is -0.444 e. The number of piperazine rings is 1. The van der Waals surface area contributed by atoms with E-state index in [2.05, 4.69) is 16.9 Å². The standard InChI is InChI=1S/C18H21N3O2S2/c1-20-10-12-21(13-11-20)18(22)23-14-15-6-2-3-7-16(15)24-25-17-8-4-5-9-19-17/h2-9H,10-14H2,1H3. The number of likely N-dealkylation sites (N-methyl/N-ethyl adjacent to an activating group) is 1. The first kappa shape index (κ1) is 18.1. The molecule has 132 valence electrons. The van der Waals surface area contributed by atoms with E-state index in [1.165, 1.54) is 0 Å². The van der Waals surface area contributed by atoms with Gasteiger partial charge in [-0.25, -0.2) is 9.78 Å². The van der Waals surface area contributed by atoms with Gasteiger partial charge in [0.15, 0.2) is 0 Å². The van der Waals surface area contributed by atoms with Crippen molar-refractivity contribution < 1.29 is 9.53 Å². The molecule has 0 aliphatic carbocycles. The molecule has 5 nitrogen and oxygen atoms in total. The summed E-state index contributed by atoms with van der Waals surface area (Å²) >= 11 is 0. The van der Waals surface area contributed by atoms with E-state index in [-0.39, 0.29) is 12.7 Å². The predicted molar refractivity (Wildman–Crippen MR) is 102 cm³/mol. The lowest BCUT2D eigenvalue weighted by Crippen LogP contribution is -2.47. The van der Waals surface area contributed by atoms with Gasteiger partial charge in [0.1, 0.15) is 11.6 Å². The van der Waals surface area contributed by atoms with Crippen LogP contribution >= 0.6 is 21.6 Å². The molecular formula is C18H21N3O2S2. The number of pyridine rings is 1. The Hall–Kier alpha value is -1.70. The van der Waals surface area contributed by atoms with Crippen molar-refractivity contribution in [1.82, 2.24) is 14.8 Å². The fourth-order valence-corrected chi connectivity index (χ4v) is 4.50. The average molecular weight is 376 g/mol. The molecule has 0 N–H and O–H groups in total. The molecule has 0 saturated carbocycles. The molecule has 1 fully saturated rings. The fourth-order valence-electron chi connectivity index (χ4n) is 2.41. The van der Waals surface area contributed by atoms with Crippen molar-refractivity contribution >= 4 is 27.7 Å². The van der Waals surface area contributed by atoms with E-state index in [4.69, 9.17) is 4.74 Å². The zero-order valence-electron chi connectivity index (χ0n) is 14.1. The second-order valence-electron chi connectivity index (χ2n) is 5.79. The highest BCUT2D eigenvalue weighted by atomic mass is 33.1. The molecule has 0 atom stereocenters. The first-order valence-corrected chi connectivity index (χ1v) is 10.3. The van der Waals surface area contributed by atoms with Crippen LogP contribution in [-0.2, 0) is 11.3 Å². The van der Waals surface area contributed by atoms with Gasteiger partial charge in [0.2, 0.25) is 0 Å². The minimum absolute atomic E-state index is 0.231. The molecule has 0 unspecified atom stereocenters. The molecule has 0 spiro atoms. The predicted octanol–water partition coefficient (Wildman–Crippen LogP) is 3.77. The van der Waals surface area contributed by atoms with Crippen molar-refractivity contribution in [3.63, 3.8) is 0 Å². The van der Waals surface area contributed by atoms with E-state index in [0.717, 1.165) is 41.7 Å². The summed E-state index contributed by atoms with van der Waals surface area (Å²) in [4.78, 5) is 21.6. The third kappa shape index (κ3) is 5.39. The molecule has 1 aromatic carbocycles. The van der Waals surface area contributed by atoms with Crippen molar-refractivity contribution in [3.8, 4) is 0 Å². The number of ether oxygens (including phenoxy) is 1. The van der Waals surface area contributed by atoms with Crippen LogP contribution in [0.1, 0.15) is 5.56 Å². The molecule has 2 heterocycles. The smallest absolute Gasteiger partial charge is 0.410 e. The minimum atomic E-state index is -0.231. The summed E-state index contributed by atoms with van der Waals surface area (Å²) in [5.41, 5.74) is 1.01. The van der Waals surface area contributed by atoms with Crippen LogP contribution in [0.2, 0.25) is 0 Å². The highest BCUT2D eigenvalue weighted by Gasteiger charge is 2.20. The SMILES string of the molecule is CN1CCN(C(=O)OCc2ccccc2SSc2ccccn2)CC1. The van der Waals surface area contributed by atoms with Crippen LogP contribution in [-0.4, -0.2) is 54.1 Å². The Morgan fingerprint density at radius 1 is 1.08 bits per heavy atom. The van der Waals surface area contributed by atoms with Crippen molar-refractivity contribution in [2.45, 2.75) is 16.5 Å². The summed E-state index contributed by atoms with van der Waals surface area (Å²) in [6.07, 6.45) is 1.55. The Labute approximate surface area is 156 Å². The van der Waals surface area contributed by atoms with Crippen molar-refractivity contribution in [1.29, 1.82) is 0 Å². The Bertz CT molecular complexity index is 692. The summed E-state index contributed by atoms with van der Waals surface area (Å²) < 4.78 is 5.53. The topological polar surface area (TPSA) is 45.7 Å². The normalized spacial score (nSPS) is 15.2. The number of amides is 1. The van der Waals surface area contributed by atoms with Crippen molar-refractivity contribution in [2.75, 3.05) is 33.2 Å². The van der Waals surface area contributed by atoms with Crippen molar-refractivity contribution in [3.05, 3.63) is 54.2 Å². The average Bonchev–Trinajstić information content (AvgIpc) is 2.66. The third-order valence-electron chi connectivity index (χ3n) is 3.94. The summed E-state index contributed by atoms with van der Waals surface area (Å²) in [7, 11) is 5.29. The van der Waals surface area contributed by atoms with Crippen molar-refractivity contribution in [2.24, 2.45) is 0 Å². The van der Waals surface area contributed by atoms with Gasteiger partial charge in [-0.05, 0) is 36.0 Å². The Kier molecular flexibility index (Phi) is 6.61. The van der Waals surface area contributed by atoms with Crippen LogP contribution in [0.25, 0.3) is 0 Å². The molecule has 1 saturated heterocycles. The van der Waals surface area contributed by atoms with Gasteiger partial charge < -0.3 is 14.5 Å². The Balaban J connectivity index is 1.54. The van der Waals surface area contributed by atoms with Crippen LogP contribution in [0.5, 0.6) is 0 Å². The largest absolute Gasteiger partial charge is 0.444 e. The van der Waals surface area contributed by atoms with E-state index < -0.39 is 0 Å². The zero-order chi connectivity index (χ0) is 17.5. The number of carbonyl (C=O) groups is 1. The van der Waals surface area contributed by atoms with Gasteiger partial charge in [-0.2, -0.15) is 0 Å². The number of hydrogen-bond acceptors (Lipinski definition) is 6. The molecule has 1 aliphatic rings. The third-order valence-corrected chi connectivity index (χ3v) is 6.31. The van der Waals surface area contributed by atoms with E-state index in [0.29, 0.717) is 0 Å². The molecule has 25 heavy (non-hydrogen) atoms. The van der Waals surface area contributed by atoms with E-state index in [1.54, 1.807) is 32.7 Å². The lowest BCUT2D eigenvalue weighted by atomic mass is 10.2. The Morgan fingerprint density at radius 2 is 1.84 bits per heavy atom. The molecule has 1 aromatic heterocycles. The van der Waals surface area contributed by atoms with Gasteiger partial charge in [0, 0.05) is 42.8 Å². The van der Waals surface area contributed by atoms with E-state index in [9.17, 15) is 4.79 Å². The molecule has 2 aromatic rings. The van der Waals surface area contributed by atoms with Gasteiger partial charge in [0.25, 0.3) is 0 Å². The fraction of sp³-hybridized carbons (Fsp3) is 0.333. The van der Waals surface area contributed by atoms with Gasteiger partial charge >= 0.3 is 6.09 Å². The highest BCUT2D eigenvalue weighted by molar-refractivity contribution is 8.76. The lowest BCUT2D eigenvalue weighted by molar-refractivity contribution is 0.0764. The molecule has 3 rings (SSSR count). The molecule has 0 bridgehead atoms. The quantitative estimate of drug-likeness (QED) is 0.742. The van der Waals surface area contributed by atoms with Crippen LogP contribution in [0.15, 0.2) is 58.6 Å². The second-order valence-corrected chi connectivity index (χ2v) is 7.98. The number of nitrogens with zero attached hydrogens (tertiary/aromatic N) is 3. The Morgan fingerprint density at radius 3 is 2.60 bits per heavy atom. The number of hydrogen-bond donors (Lipinski definition) is 0. The highest BCUT2D eigenvalue weighted by Crippen LogP contribution is 2.38. The maximum Gasteiger partial charge on any atom is 0.410 e. The zero-order valence-corrected chi connectivity index (χ0v) is 15.8. The van der Waals surface area contributed by atoms with Gasteiger partial charge in [-0.15, -0.1) is 0 Å². The summed E-state index contributed by atoms with van der Waals surface area (Å²) in [6.45, 7) is 3.52. The summed E-state index contributed by atoms with van der Waals surface area (Å²) in [5.74, 6) is 0. The maximum absolute atomic E-state index is 12.2. The van der Waals surface area contributed by atoms with Gasteiger partial charge in [-0.3, -0.25) is 0 Å². The first-order chi connectivity index (χ1) is 12.2. The monoisotopic (exact) mass is 375 g/mol. The van der Waals surface area contributed by atoms with Gasteiger partial charge in [-0.1, -0.05) is 35.1 Å². The maximum atomic E-state index is 12.2. The van der Waals surface area contributed by atoms with E-state index in [1.807, 2.05) is 42.5 Å². The van der Waals surface area contributed by atoms with E-state index >= 15 is 0 Å². The number of rotatable bonds is 5. The molecular weight excluding hydrogens is 354 g/mol. The molecule has 7 heteroatoms. The summed E-state index contributed by atoms with van der Waals surface area (Å²) in [6, 6.07) is 13.9. The molecule has 0 radical (unpaired) electrons. The van der Waals surface area contributed by atoms with Crippen LogP contribution in [0, 0.1) is 0 Å². The van der Waals surface area contributed by atoms with Crippen LogP contribution < -0.4 is 0 Å². The lowest BCUT2D eigenvalue weighted by Gasteiger charge is -2.31. The second kappa shape index (κ2) is 9.12. The summed E-state index contributed by atoms with van der Waals surface area (Å²) in [5, 5.41) is 0.955.